The number of nitrogens with zero attached hydrogens (tertiary/aromatic N) is 2. The number of anilines is 1. The van der Waals surface area contributed by atoms with Crippen molar-refractivity contribution in [2.75, 3.05) is 5.32 Å². The topological polar surface area (TPSA) is 87.7 Å². The van der Waals surface area contributed by atoms with Gasteiger partial charge in [0, 0.05) is 5.69 Å². The molecule has 0 atom stereocenters. The summed E-state index contributed by atoms with van der Waals surface area (Å²) in [5, 5.41) is 2.79. The molecule has 7 heteroatoms. The quantitative estimate of drug-likeness (QED) is 0.776. The zero-order valence-corrected chi connectivity index (χ0v) is 12.0. The Morgan fingerprint density at radius 1 is 1.29 bits per heavy atom. The molecule has 0 fully saturated rings. The maximum absolute atomic E-state index is 12.3. The zero-order chi connectivity index (χ0) is 14.8. The van der Waals surface area contributed by atoms with Gasteiger partial charge in [0.25, 0.3) is 11.5 Å². The Hall–Kier alpha value is -2.54. The van der Waals surface area contributed by atoms with E-state index in [4.69, 9.17) is 0 Å². The first kappa shape index (κ1) is 13.4. The monoisotopic (exact) mass is 300 g/mol. The van der Waals surface area contributed by atoms with Gasteiger partial charge in [-0.1, -0.05) is 19.1 Å². The van der Waals surface area contributed by atoms with E-state index in [2.05, 4.69) is 26.6 Å². The molecule has 0 saturated heterocycles. The van der Waals surface area contributed by atoms with E-state index in [1.165, 1.54) is 11.9 Å². The van der Waals surface area contributed by atoms with Crippen molar-refractivity contribution in [2.45, 2.75) is 13.3 Å². The van der Waals surface area contributed by atoms with Crippen molar-refractivity contribution in [1.29, 1.82) is 0 Å². The summed E-state index contributed by atoms with van der Waals surface area (Å²) in [4.78, 5) is 30.6. The second-order valence-corrected chi connectivity index (χ2v) is 5.22. The van der Waals surface area contributed by atoms with Gasteiger partial charge >= 0.3 is 0 Å². The van der Waals surface area contributed by atoms with E-state index >= 15 is 0 Å². The lowest BCUT2D eigenvalue weighted by Gasteiger charge is -2.04. The predicted octanol–water partition coefficient (Wildman–Crippen LogP) is 2.19. The van der Waals surface area contributed by atoms with Gasteiger partial charge in [-0.3, -0.25) is 9.59 Å². The normalized spacial score (nSPS) is 10.7. The summed E-state index contributed by atoms with van der Waals surface area (Å²) in [6, 6.07) is 7.62. The third-order valence-corrected chi connectivity index (χ3v) is 3.93. The molecule has 106 valence electrons. The fourth-order valence-corrected chi connectivity index (χ4v) is 2.66. The number of fused-ring (bicyclic) bond motifs is 1. The Kier molecular flexibility index (Phi) is 3.49. The number of rotatable bonds is 3. The van der Waals surface area contributed by atoms with Gasteiger partial charge in [-0.15, -0.1) is 0 Å². The lowest BCUT2D eigenvalue weighted by atomic mass is 10.1. The van der Waals surface area contributed by atoms with Crippen LogP contribution in [0.15, 0.2) is 35.4 Å². The van der Waals surface area contributed by atoms with Crippen LogP contribution in [0.4, 0.5) is 5.69 Å². The van der Waals surface area contributed by atoms with Crippen LogP contribution in [0.1, 0.15) is 22.2 Å². The summed E-state index contributed by atoms with van der Waals surface area (Å²) >= 11 is 0.967. The Morgan fingerprint density at radius 2 is 2.05 bits per heavy atom. The van der Waals surface area contributed by atoms with E-state index in [1.807, 2.05) is 24.3 Å². The van der Waals surface area contributed by atoms with Crippen LogP contribution in [0.3, 0.4) is 0 Å². The fraction of sp³-hybridized carbons (Fsp3) is 0.143. The summed E-state index contributed by atoms with van der Waals surface area (Å²) in [6.07, 6.45) is 2.21. The Bertz CT molecular complexity index is 851. The number of carbonyl (C=O) groups is 1. The Labute approximate surface area is 124 Å². The smallest absolute Gasteiger partial charge is 0.278 e. The molecule has 2 N–H and O–H groups in total. The van der Waals surface area contributed by atoms with Crippen LogP contribution in [-0.4, -0.2) is 20.2 Å². The maximum atomic E-state index is 12.3. The molecule has 0 saturated carbocycles. The van der Waals surface area contributed by atoms with Crippen molar-refractivity contribution in [3.05, 3.63) is 51.4 Å². The van der Waals surface area contributed by atoms with Crippen LogP contribution >= 0.6 is 11.5 Å². The number of H-pyrrole nitrogens is 1. The lowest BCUT2D eigenvalue weighted by Crippen LogP contribution is -2.12. The molecule has 0 radical (unpaired) electrons. The Balaban J connectivity index is 1.90. The molecule has 3 aromatic rings. The molecule has 6 nitrogen and oxygen atoms in total. The molecular formula is C14H12N4O2S. The molecular weight excluding hydrogens is 288 g/mol. The molecule has 0 aliphatic carbocycles. The molecule has 0 bridgehead atoms. The van der Waals surface area contributed by atoms with Crippen LogP contribution < -0.4 is 10.9 Å². The average molecular weight is 300 g/mol. The van der Waals surface area contributed by atoms with E-state index in [9.17, 15) is 9.59 Å². The minimum absolute atomic E-state index is 0.189. The third-order valence-electron chi connectivity index (χ3n) is 3.10. The zero-order valence-electron chi connectivity index (χ0n) is 11.2. The van der Waals surface area contributed by atoms with Crippen molar-refractivity contribution in [2.24, 2.45) is 0 Å². The summed E-state index contributed by atoms with van der Waals surface area (Å²) in [5.74, 6) is -0.315. The number of carbonyl (C=O) groups excluding carboxylic acids is 1. The van der Waals surface area contributed by atoms with Gasteiger partial charge in [0.05, 0.1) is 6.33 Å². The molecule has 2 heterocycles. The van der Waals surface area contributed by atoms with Crippen molar-refractivity contribution >= 4 is 34.2 Å². The first-order chi connectivity index (χ1) is 10.2. The van der Waals surface area contributed by atoms with Gasteiger partial charge in [0.15, 0.2) is 5.52 Å². The summed E-state index contributed by atoms with van der Waals surface area (Å²) in [5.41, 5.74) is 2.07. The van der Waals surface area contributed by atoms with E-state index in [1.54, 1.807) is 0 Å². The van der Waals surface area contributed by atoms with Crippen molar-refractivity contribution in [3.63, 3.8) is 0 Å². The summed E-state index contributed by atoms with van der Waals surface area (Å²) in [6.45, 7) is 2.07. The largest absolute Gasteiger partial charge is 0.321 e. The third kappa shape index (κ3) is 2.55. The summed E-state index contributed by atoms with van der Waals surface area (Å²) < 4.78 is 3.98. The number of amides is 1. The second-order valence-electron chi connectivity index (χ2n) is 4.45. The molecule has 1 amide bonds. The van der Waals surface area contributed by atoms with E-state index in [0.29, 0.717) is 16.1 Å². The van der Waals surface area contributed by atoms with Gasteiger partial charge in [-0.25, -0.2) is 4.98 Å². The van der Waals surface area contributed by atoms with Gasteiger partial charge in [0.2, 0.25) is 0 Å². The maximum Gasteiger partial charge on any atom is 0.278 e. The first-order valence-corrected chi connectivity index (χ1v) is 7.19. The van der Waals surface area contributed by atoms with Crippen LogP contribution in [0.25, 0.3) is 11.0 Å². The van der Waals surface area contributed by atoms with Crippen LogP contribution in [0.5, 0.6) is 0 Å². The minimum atomic E-state index is -0.345. The summed E-state index contributed by atoms with van der Waals surface area (Å²) in [7, 11) is 0. The first-order valence-electron chi connectivity index (χ1n) is 6.42. The van der Waals surface area contributed by atoms with E-state index in [-0.39, 0.29) is 17.0 Å². The molecule has 0 aliphatic heterocycles. The fourth-order valence-electron chi connectivity index (χ4n) is 1.94. The molecule has 21 heavy (non-hydrogen) atoms. The highest BCUT2D eigenvalue weighted by Crippen LogP contribution is 2.19. The van der Waals surface area contributed by atoms with E-state index < -0.39 is 0 Å². The van der Waals surface area contributed by atoms with Crippen molar-refractivity contribution in [1.82, 2.24) is 14.3 Å². The van der Waals surface area contributed by atoms with Crippen molar-refractivity contribution < 1.29 is 4.79 Å². The molecule has 0 spiro atoms. The number of hydrogen-bond donors (Lipinski definition) is 2. The predicted molar refractivity (Wildman–Crippen MR) is 81.8 cm³/mol. The highest BCUT2D eigenvalue weighted by Gasteiger charge is 2.17. The molecule has 3 rings (SSSR count). The number of benzene rings is 1. The number of aromatic nitrogens is 3. The molecule has 1 aromatic carbocycles. The van der Waals surface area contributed by atoms with Gasteiger partial charge in [0.1, 0.15) is 10.4 Å². The molecule has 0 aliphatic rings. The van der Waals surface area contributed by atoms with Crippen LogP contribution in [0.2, 0.25) is 0 Å². The van der Waals surface area contributed by atoms with Gasteiger partial charge in [-0.05, 0) is 35.6 Å². The SMILES string of the molecule is CCc1ccc(NC(=O)c2snc3c(=O)[nH]cnc23)cc1. The molecule has 0 unspecified atom stereocenters. The number of nitrogens with one attached hydrogen (secondary N) is 2. The Morgan fingerprint density at radius 3 is 2.76 bits per heavy atom. The number of aromatic amines is 1. The van der Waals surface area contributed by atoms with Crippen molar-refractivity contribution in [3.8, 4) is 0 Å². The second kappa shape index (κ2) is 5.45. The van der Waals surface area contributed by atoms with E-state index in [0.717, 1.165) is 18.0 Å². The highest BCUT2D eigenvalue weighted by atomic mass is 32.1. The average Bonchev–Trinajstić information content (AvgIpc) is 2.93. The lowest BCUT2D eigenvalue weighted by molar-refractivity contribution is 0.103. The minimum Gasteiger partial charge on any atom is -0.321 e. The highest BCUT2D eigenvalue weighted by molar-refractivity contribution is 7.09. The van der Waals surface area contributed by atoms with Crippen LogP contribution in [-0.2, 0) is 6.42 Å². The standard InChI is InChI=1S/C14H12N4O2S/c1-2-8-3-5-9(6-4-8)17-14(20)12-10-11(18-21-12)13(19)16-7-15-10/h3-7H,2H2,1H3,(H,17,20)(H,15,16,19). The van der Waals surface area contributed by atoms with Gasteiger partial charge in [-0.2, -0.15) is 4.37 Å². The number of aryl methyl sites for hydroxylation is 1. The molecule has 2 aromatic heterocycles. The van der Waals surface area contributed by atoms with Crippen LogP contribution in [0, 0.1) is 0 Å². The van der Waals surface area contributed by atoms with Gasteiger partial charge < -0.3 is 10.3 Å². The number of hydrogen-bond acceptors (Lipinski definition) is 5.